The lowest BCUT2D eigenvalue weighted by Crippen LogP contribution is -2.45. The van der Waals surface area contributed by atoms with Crippen LogP contribution >= 0.6 is 0 Å². The van der Waals surface area contributed by atoms with Crippen LogP contribution in [0.4, 0.5) is 0 Å². The monoisotopic (exact) mass is 316 g/mol. The van der Waals surface area contributed by atoms with Gasteiger partial charge in [-0.15, -0.1) is 0 Å². The number of allylic oxidation sites excluding steroid dienone is 2. The molecule has 1 aromatic carbocycles. The molecule has 0 saturated carbocycles. The molecule has 0 spiro atoms. The molecule has 5 heteroatoms. The molecule has 1 aromatic rings. The van der Waals surface area contributed by atoms with Crippen molar-refractivity contribution in [1.82, 2.24) is 0 Å². The van der Waals surface area contributed by atoms with Gasteiger partial charge in [0.1, 0.15) is 17.6 Å². The minimum Gasteiger partial charge on any atom is -0.497 e. The average molecular weight is 316 g/mol. The van der Waals surface area contributed by atoms with Crippen molar-refractivity contribution in [2.24, 2.45) is 0 Å². The van der Waals surface area contributed by atoms with Gasteiger partial charge in [-0.3, -0.25) is 4.79 Å². The number of hydrogen-bond acceptors (Lipinski definition) is 5. The first-order valence-corrected chi connectivity index (χ1v) is 7.11. The van der Waals surface area contributed by atoms with Gasteiger partial charge in [0, 0.05) is 18.7 Å². The molecule has 1 aliphatic carbocycles. The normalized spacial score (nSPS) is 24.1. The highest BCUT2D eigenvalue weighted by atomic mass is 16.5. The van der Waals surface area contributed by atoms with Gasteiger partial charge >= 0.3 is 0 Å². The Bertz CT molecular complexity index is 645. The number of ketones is 1. The molecular weight excluding hydrogens is 296 g/mol. The summed E-state index contributed by atoms with van der Waals surface area (Å²) in [6, 6.07) is 8.81. The Labute approximate surface area is 135 Å². The summed E-state index contributed by atoms with van der Waals surface area (Å²) in [6.07, 6.45) is 5.15. The van der Waals surface area contributed by atoms with Crippen LogP contribution in [-0.4, -0.2) is 43.9 Å². The molecule has 5 nitrogen and oxygen atoms in total. The number of rotatable bonds is 6. The number of benzene rings is 1. The average Bonchev–Trinajstić information content (AvgIpc) is 2.60. The Kier molecular flexibility index (Phi) is 5.36. The predicted octanol–water partition coefficient (Wildman–Crippen LogP) is 2.25. The van der Waals surface area contributed by atoms with Crippen LogP contribution < -0.4 is 0 Å². The minimum atomic E-state index is -1.59. The molecule has 0 saturated heterocycles. The summed E-state index contributed by atoms with van der Waals surface area (Å²) >= 11 is 0. The van der Waals surface area contributed by atoms with Crippen LogP contribution in [0.5, 0.6) is 0 Å². The second-order valence-electron chi connectivity index (χ2n) is 5.03. The number of ether oxygens (including phenoxy) is 3. The molecule has 0 fully saturated rings. The topological polar surface area (TPSA) is 65.0 Å². The second kappa shape index (κ2) is 7.26. The van der Waals surface area contributed by atoms with E-state index in [4.69, 9.17) is 14.2 Å². The summed E-state index contributed by atoms with van der Waals surface area (Å²) < 4.78 is 15.7. The highest BCUT2D eigenvalue weighted by Crippen LogP contribution is 2.32. The van der Waals surface area contributed by atoms with Gasteiger partial charge in [-0.05, 0) is 18.2 Å². The van der Waals surface area contributed by atoms with E-state index >= 15 is 0 Å². The molecule has 23 heavy (non-hydrogen) atoms. The zero-order valence-electron chi connectivity index (χ0n) is 13.4. The summed E-state index contributed by atoms with van der Waals surface area (Å²) in [4.78, 5) is 12.2. The zero-order chi connectivity index (χ0) is 16.9. The van der Waals surface area contributed by atoms with E-state index in [1.54, 1.807) is 36.4 Å². The molecule has 1 N–H and O–H groups in total. The third-order valence-electron chi connectivity index (χ3n) is 3.67. The lowest BCUT2D eigenvalue weighted by atomic mass is 9.88. The van der Waals surface area contributed by atoms with E-state index in [9.17, 15) is 9.90 Å². The summed E-state index contributed by atoms with van der Waals surface area (Å²) in [5.74, 6) is 0.535. The quantitative estimate of drug-likeness (QED) is 0.644. The molecule has 0 radical (unpaired) electrons. The number of hydrogen-bond donors (Lipinski definition) is 1. The third kappa shape index (κ3) is 3.52. The van der Waals surface area contributed by atoms with Crippen LogP contribution in [0.1, 0.15) is 10.4 Å². The Morgan fingerprint density at radius 3 is 2.43 bits per heavy atom. The standard InChI is InChI=1S/C18H20O5/c1-21-14-11-16(22-2)18(20,17(12-14)23-3)10-9-15(19)13-7-5-4-6-8-13/h4-12,16,20H,1-3H3. The van der Waals surface area contributed by atoms with Crippen molar-refractivity contribution in [1.29, 1.82) is 0 Å². The lowest BCUT2D eigenvalue weighted by Gasteiger charge is -2.35. The van der Waals surface area contributed by atoms with Crippen LogP contribution in [-0.2, 0) is 14.2 Å². The van der Waals surface area contributed by atoms with Crippen molar-refractivity contribution < 1.29 is 24.1 Å². The van der Waals surface area contributed by atoms with Gasteiger partial charge in [-0.25, -0.2) is 0 Å². The Morgan fingerprint density at radius 2 is 1.87 bits per heavy atom. The molecule has 1 aliphatic rings. The van der Waals surface area contributed by atoms with Gasteiger partial charge in [-0.1, -0.05) is 30.3 Å². The molecule has 2 unspecified atom stereocenters. The SMILES string of the molecule is COC1=CC(OC)C(O)(C=CC(=O)c2ccccc2)C(OC)=C1. The summed E-state index contributed by atoms with van der Waals surface area (Å²) in [7, 11) is 4.42. The van der Waals surface area contributed by atoms with Gasteiger partial charge in [0.25, 0.3) is 0 Å². The van der Waals surface area contributed by atoms with Gasteiger partial charge < -0.3 is 19.3 Å². The Hall–Kier alpha value is -2.37. The molecule has 0 bridgehead atoms. The van der Waals surface area contributed by atoms with Crippen LogP contribution in [0.3, 0.4) is 0 Å². The van der Waals surface area contributed by atoms with E-state index in [-0.39, 0.29) is 11.5 Å². The van der Waals surface area contributed by atoms with Gasteiger partial charge in [0.2, 0.25) is 0 Å². The summed E-state index contributed by atoms with van der Waals surface area (Å²) in [5.41, 5.74) is -1.05. The first-order valence-electron chi connectivity index (χ1n) is 7.11. The highest BCUT2D eigenvalue weighted by Gasteiger charge is 2.42. The van der Waals surface area contributed by atoms with Crippen LogP contribution in [0.2, 0.25) is 0 Å². The maximum absolute atomic E-state index is 12.2. The first-order chi connectivity index (χ1) is 11.0. The second-order valence-corrected chi connectivity index (χ2v) is 5.03. The largest absolute Gasteiger partial charge is 0.497 e. The van der Waals surface area contributed by atoms with E-state index in [1.165, 1.54) is 33.5 Å². The fourth-order valence-electron chi connectivity index (χ4n) is 2.38. The minimum absolute atomic E-state index is 0.217. The van der Waals surface area contributed by atoms with Crippen LogP contribution in [0, 0.1) is 0 Å². The van der Waals surface area contributed by atoms with Gasteiger partial charge in [0.15, 0.2) is 11.4 Å². The zero-order valence-corrected chi connectivity index (χ0v) is 13.4. The first kappa shape index (κ1) is 17.0. The van der Waals surface area contributed by atoms with Crippen molar-refractivity contribution >= 4 is 5.78 Å². The Balaban J connectivity index is 2.31. The van der Waals surface area contributed by atoms with Crippen molar-refractivity contribution in [3.63, 3.8) is 0 Å². The van der Waals surface area contributed by atoms with Gasteiger partial charge in [-0.2, -0.15) is 0 Å². The molecular formula is C18H20O5. The van der Waals surface area contributed by atoms with E-state index in [0.717, 1.165) is 0 Å². The van der Waals surface area contributed by atoms with E-state index < -0.39 is 11.7 Å². The molecule has 0 heterocycles. The smallest absolute Gasteiger partial charge is 0.185 e. The summed E-state index contributed by atoms with van der Waals surface area (Å²) in [5, 5.41) is 10.9. The van der Waals surface area contributed by atoms with E-state index in [1.807, 2.05) is 6.07 Å². The van der Waals surface area contributed by atoms with Crippen molar-refractivity contribution in [2.45, 2.75) is 11.7 Å². The number of carbonyl (C=O) groups is 1. The van der Waals surface area contributed by atoms with Crippen molar-refractivity contribution in [3.05, 3.63) is 71.7 Å². The fourth-order valence-corrected chi connectivity index (χ4v) is 2.38. The number of carbonyl (C=O) groups excluding carboxylic acids is 1. The fraction of sp³-hybridized carbons (Fsp3) is 0.278. The molecule has 0 aromatic heterocycles. The maximum Gasteiger partial charge on any atom is 0.185 e. The van der Waals surface area contributed by atoms with E-state index in [0.29, 0.717) is 11.3 Å². The van der Waals surface area contributed by atoms with Crippen LogP contribution in [0.25, 0.3) is 0 Å². The molecule has 2 atom stereocenters. The van der Waals surface area contributed by atoms with Crippen LogP contribution in [0.15, 0.2) is 66.2 Å². The lowest BCUT2D eigenvalue weighted by molar-refractivity contribution is -0.0461. The highest BCUT2D eigenvalue weighted by molar-refractivity contribution is 6.04. The summed E-state index contributed by atoms with van der Waals surface area (Å²) in [6.45, 7) is 0. The Morgan fingerprint density at radius 1 is 1.17 bits per heavy atom. The molecule has 2 rings (SSSR count). The molecule has 122 valence electrons. The molecule has 0 amide bonds. The maximum atomic E-state index is 12.2. The number of methoxy groups -OCH3 is 3. The van der Waals surface area contributed by atoms with Crippen molar-refractivity contribution in [3.8, 4) is 0 Å². The third-order valence-corrected chi connectivity index (χ3v) is 3.67. The van der Waals surface area contributed by atoms with Gasteiger partial charge in [0.05, 0.1) is 14.2 Å². The van der Waals surface area contributed by atoms with Crippen molar-refractivity contribution in [2.75, 3.05) is 21.3 Å². The number of aliphatic hydroxyl groups is 1. The van der Waals surface area contributed by atoms with E-state index in [2.05, 4.69) is 0 Å². The molecule has 0 aliphatic heterocycles. The predicted molar refractivity (Wildman–Crippen MR) is 85.8 cm³/mol.